The van der Waals surface area contributed by atoms with Crippen LogP contribution in [-0.4, -0.2) is 77.7 Å². The van der Waals surface area contributed by atoms with E-state index in [-0.39, 0.29) is 42.4 Å². The number of hydrogen-bond acceptors (Lipinski definition) is 6. The van der Waals surface area contributed by atoms with Crippen molar-refractivity contribution < 1.29 is 24.2 Å². The summed E-state index contributed by atoms with van der Waals surface area (Å²) in [6, 6.07) is 8.95. The second-order valence-electron chi connectivity index (χ2n) is 9.82. The molecule has 2 aliphatic rings. The number of benzene rings is 1. The van der Waals surface area contributed by atoms with Crippen molar-refractivity contribution in [2.24, 2.45) is 11.8 Å². The first kappa shape index (κ1) is 25.0. The minimum Gasteiger partial charge on any atom is -0.496 e. The normalized spacial score (nSPS) is 20.8. The van der Waals surface area contributed by atoms with Gasteiger partial charge < -0.3 is 24.4 Å². The molecule has 4 rings (SSSR count). The molecule has 2 amide bonds. The van der Waals surface area contributed by atoms with Crippen LogP contribution in [0.3, 0.4) is 0 Å². The molecule has 1 aliphatic heterocycles. The van der Waals surface area contributed by atoms with Crippen LogP contribution in [0.4, 0.5) is 0 Å². The predicted molar refractivity (Wildman–Crippen MR) is 132 cm³/mol. The number of methoxy groups -OCH3 is 1. The summed E-state index contributed by atoms with van der Waals surface area (Å²) in [5.74, 6) is 1.22. The molecule has 0 spiro atoms. The van der Waals surface area contributed by atoms with Gasteiger partial charge in [0, 0.05) is 43.3 Å². The van der Waals surface area contributed by atoms with Gasteiger partial charge in [-0.15, -0.1) is 0 Å². The fourth-order valence-electron chi connectivity index (χ4n) is 4.45. The van der Waals surface area contributed by atoms with Gasteiger partial charge in [0.2, 0.25) is 11.8 Å². The maximum absolute atomic E-state index is 13.6. The highest BCUT2D eigenvalue weighted by molar-refractivity contribution is 5.98. The molecule has 2 heterocycles. The number of hydrogen-bond donors (Lipinski definition) is 1. The Morgan fingerprint density at radius 2 is 2.06 bits per heavy atom. The zero-order valence-corrected chi connectivity index (χ0v) is 20.9. The highest BCUT2D eigenvalue weighted by Crippen LogP contribution is 2.35. The minimum absolute atomic E-state index is 0.0760. The van der Waals surface area contributed by atoms with Gasteiger partial charge in [0.1, 0.15) is 17.4 Å². The number of aliphatic hydroxyl groups excluding tert-OH is 1. The zero-order valence-electron chi connectivity index (χ0n) is 20.9. The molecule has 1 aliphatic carbocycles. The van der Waals surface area contributed by atoms with E-state index in [9.17, 15) is 14.7 Å². The smallest absolute Gasteiger partial charge is 0.259 e. The molecule has 0 bridgehead atoms. The summed E-state index contributed by atoms with van der Waals surface area (Å²) in [6.07, 6.45) is 4.14. The van der Waals surface area contributed by atoms with Crippen molar-refractivity contribution in [3.8, 4) is 22.8 Å². The van der Waals surface area contributed by atoms with E-state index in [2.05, 4.69) is 4.98 Å². The number of aromatic nitrogens is 1. The number of carbonyl (C=O) groups excluding carboxylic acids is 2. The van der Waals surface area contributed by atoms with Gasteiger partial charge in [0.05, 0.1) is 26.3 Å². The lowest BCUT2D eigenvalue weighted by atomic mass is 9.99. The Kier molecular flexibility index (Phi) is 7.60. The van der Waals surface area contributed by atoms with Crippen molar-refractivity contribution in [2.75, 3.05) is 33.9 Å². The molecule has 2 aromatic rings. The Morgan fingerprint density at radius 3 is 2.74 bits per heavy atom. The number of fused-ring (bicyclic) bond motifs is 1. The maximum Gasteiger partial charge on any atom is 0.259 e. The molecule has 1 N–H and O–H groups in total. The van der Waals surface area contributed by atoms with E-state index in [0.717, 1.165) is 24.0 Å². The first-order valence-electron chi connectivity index (χ1n) is 12.3. The monoisotopic (exact) mass is 481 g/mol. The van der Waals surface area contributed by atoms with Crippen LogP contribution in [0.15, 0.2) is 36.5 Å². The summed E-state index contributed by atoms with van der Waals surface area (Å²) in [7, 11) is 3.41. The van der Waals surface area contributed by atoms with E-state index in [4.69, 9.17) is 9.47 Å². The molecule has 0 unspecified atom stereocenters. The average Bonchev–Trinajstić information content (AvgIpc) is 3.69. The molecule has 1 fully saturated rings. The summed E-state index contributed by atoms with van der Waals surface area (Å²) in [5, 5.41) is 9.87. The number of ether oxygens (including phenoxy) is 2. The standard InChI is InChI=1S/C27H35N3O5/c1-17-14-30(18(2)16-31)27(33)22-12-20(21-7-5-6-8-23(21)34-4)13-28-26(22)35-24(17)15-29(3)25(32)11-19-9-10-19/h5-8,12-13,17-19,24,31H,9-11,14-16H2,1-4H3/t17-,18+,24+/m0/s1. The molecule has 3 atom stereocenters. The van der Waals surface area contributed by atoms with E-state index < -0.39 is 0 Å². The van der Waals surface area contributed by atoms with Crippen LogP contribution >= 0.6 is 0 Å². The Bertz CT molecular complexity index is 1070. The summed E-state index contributed by atoms with van der Waals surface area (Å²) >= 11 is 0. The molecule has 1 aromatic heterocycles. The number of rotatable bonds is 8. The molecule has 0 saturated heterocycles. The predicted octanol–water partition coefficient (Wildman–Crippen LogP) is 3.24. The van der Waals surface area contributed by atoms with Crippen molar-refractivity contribution in [3.63, 3.8) is 0 Å². The van der Waals surface area contributed by atoms with E-state index in [1.165, 1.54) is 0 Å². The molecular formula is C27H35N3O5. The van der Waals surface area contributed by atoms with Crippen molar-refractivity contribution >= 4 is 11.8 Å². The van der Waals surface area contributed by atoms with Crippen molar-refractivity contribution in [2.45, 2.75) is 45.3 Å². The van der Waals surface area contributed by atoms with Gasteiger partial charge in [-0.25, -0.2) is 4.98 Å². The lowest BCUT2D eigenvalue weighted by Crippen LogP contribution is -2.50. The second-order valence-corrected chi connectivity index (χ2v) is 9.82. The number of likely N-dealkylation sites (N-methyl/N-ethyl adjacent to an activating group) is 1. The Hall–Kier alpha value is -3.13. The third kappa shape index (κ3) is 5.59. The minimum atomic E-state index is -0.374. The summed E-state index contributed by atoms with van der Waals surface area (Å²) in [6.45, 7) is 4.47. The van der Waals surface area contributed by atoms with Crippen LogP contribution in [0.25, 0.3) is 11.1 Å². The van der Waals surface area contributed by atoms with Crippen molar-refractivity contribution in [3.05, 3.63) is 42.1 Å². The number of aliphatic hydroxyl groups is 1. The molecular weight excluding hydrogens is 446 g/mol. The number of carbonyl (C=O) groups is 2. The van der Waals surface area contributed by atoms with E-state index >= 15 is 0 Å². The maximum atomic E-state index is 13.6. The molecule has 8 nitrogen and oxygen atoms in total. The van der Waals surface area contributed by atoms with Crippen LogP contribution in [0, 0.1) is 11.8 Å². The number of pyridine rings is 1. The van der Waals surface area contributed by atoms with Crippen LogP contribution in [-0.2, 0) is 4.79 Å². The first-order valence-corrected chi connectivity index (χ1v) is 12.3. The zero-order chi connectivity index (χ0) is 25.1. The number of amides is 2. The lowest BCUT2D eigenvalue weighted by molar-refractivity contribution is -0.131. The van der Waals surface area contributed by atoms with Gasteiger partial charge in [-0.3, -0.25) is 9.59 Å². The van der Waals surface area contributed by atoms with E-state index in [1.807, 2.05) is 38.1 Å². The fourth-order valence-corrected chi connectivity index (χ4v) is 4.45. The van der Waals surface area contributed by atoms with Crippen LogP contribution in [0.1, 0.15) is 43.5 Å². The summed E-state index contributed by atoms with van der Waals surface area (Å²) < 4.78 is 11.8. The van der Waals surface area contributed by atoms with Gasteiger partial charge in [-0.1, -0.05) is 25.1 Å². The third-order valence-electron chi connectivity index (χ3n) is 6.98. The SMILES string of the molecule is COc1ccccc1-c1cnc2c(c1)C(=O)N([C@H](C)CO)C[C@H](C)[C@@H](CN(C)C(=O)CC1CC1)O2. The molecule has 0 radical (unpaired) electrons. The first-order chi connectivity index (χ1) is 16.8. The average molecular weight is 482 g/mol. The molecule has 1 saturated carbocycles. The summed E-state index contributed by atoms with van der Waals surface area (Å²) in [5.41, 5.74) is 1.88. The van der Waals surface area contributed by atoms with E-state index in [0.29, 0.717) is 36.7 Å². The Morgan fingerprint density at radius 1 is 1.31 bits per heavy atom. The highest BCUT2D eigenvalue weighted by atomic mass is 16.5. The Labute approximate surface area is 206 Å². The molecule has 188 valence electrons. The van der Waals surface area contributed by atoms with Gasteiger partial charge >= 0.3 is 0 Å². The Balaban J connectivity index is 1.68. The largest absolute Gasteiger partial charge is 0.496 e. The molecule has 8 heteroatoms. The van der Waals surface area contributed by atoms with Gasteiger partial charge in [-0.2, -0.15) is 0 Å². The van der Waals surface area contributed by atoms with Gasteiger partial charge in [0.25, 0.3) is 5.91 Å². The van der Waals surface area contributed by atoms with Gasteiger partial charge in [-0.05, 0) is 37.8 Å². The van der Waals surface area contributed by atoms with E-state index in [1.54, 1.807) is 36.2 Å². The van der Waals surface area contributed by atoms with Crippen LogP contribution in [0.5, 0.6) is 11.6 Å². The number of nitrogens with zero attached hydrogens (tertiary/aromatic N) is 3. The van der Waals surface area contributed by atoms with Crippen molar-refractivity contribution in [1.29, 1.82) is 0 Å². The number of para-hydroxylation sites is 1. The fraction of sp³-hybridized carbons (Fsp3) is 0.519. The molecule has 35 heavy (non-hydrogen) atoms. The summed E-state index contributed by atoms with van der Waals surface area (Å²) in [4.78, 5) is 34.2. The lowest BCUT2D eigenvalue weighted by Gasteiger charge is -2.37. The topological polar surface area (TPSA) is 92.2 Å². The van der Waals surface area contributed by atoms with Gasteiger partial charge in [0.15, 0.2) is 0 Å². The third-order valence-corrected chi connectivity index (χ3v) is 6.98. The van der Waals surface area contributed by atoms with Crippen LogP contribution in [0.2, 0.25) is 0 Å². The van der Waals surface area contributed by atoms with Crippen LogP contribution < -0.4 is 9.47 Å². The quantitative estimate of drug-likeness (QED) is 0.622. The second kappa shape index (κ2) is 10.6. The van der Waals surface area contributed by atoms with Crippen molar-refractivity contribution in [1.82, 2.24) is 14.8 Å². The molecule has 1 aromatic carbocycles. The highest BCUT2D eigenvalue weighted by Gasteiger charge is 2.35.